The monoisotopic (exact) mass is 1080 g/mol. The van der Waals surface area contributed by atoms with Gasteiger partial charge in [-0.1, -0.05) is 302 Å². The molecule has 0 rings (SSSR count). The van der Waals surface area contributed by atoms with Crippen LogP contribution in [0.4, 0.5) is 0 Å². The number of aliphatic hydroxyl groups is 1. The number of aliphatic hydroxyl groups excluding tert-OH is 1. The third-order valence-electron chi connectivity index (χ3n) is 13.9. The van der Waals surface area contributed by atoms with Crippen molar-refractivity contribution in [3.63, 3.8) is 0 Å². The smallest absolute Gasteiger partial charge is 0.306 e. The van der Waals surface area contributed by atoms with Gasteiger partial charge in [-0.15, -0.1) is 0 Å². The van der Waals surface area contributed by atoms with Crippen molar-refractivity contribution in [2.75, 3.05) is 13.2 Å². The summed E-state index contributed by atoms with van der Waals surface area (Å²) >= 11 is 0. The second-order valence-electron chi connectivity index (χ2n) is 21.5. The molecular weight excluding hydrogens is 957 g/mol. The van der Waals surface area contributed by atoms with E-state index in [2.05, 4.69) is 148 Å². The van der Waals surface area contributed by atoms with Crippen molar-refractivity contribution in [2.45, 2.75) is 302 Å². The number of esters is 2. The standard InChI is InChI=1S/C73H122O5/c1-3-5-7-9-11-13-15-17-19-21-23-25-27-29-31-33-35-36-38-40-42-44-46-48-50-52-54-56-58-60-62-64-66-68-73(76)78-71(69-74)70-77-72(75)67-65-63-61-59-57-55-53-51-49-47-45-43-41-39-37-34-32-30-28-26-24-22-20-18-16-14-12-10-8-6-4-2/h5,7,11,13,16-19,22-25,28-31,35-36,40,42,46,48,71,74H,3-4,6,8-10,12,14-15,20-21,26-27,32-34,37-39,41,43-45,47,49-70H2,1-2H3/b7-5-,13-11-,18-16-,19-17-,24-22-,25-23-,30-28-,31-29-,36-35-,42-40-,48-46-. The van der Waals surface area contributed by atoms with E-state index in [-0.39, 0.29) is 25.2 Å². The number of unbranched alkanes of at least 4 members (excludes halogenated alkanes) is 29. The molecule has 0 bridgehead atoms. The van der Waals surface area contributed by atoms with E-state index >= 15 is 0 Å². The first-order valence-corrected chi connectivity index (χ1v) is 32.7. The van der Waals surface area contributed by atoms with Crippen molar-refractivity contribution < 1.29 is 24.2 Å². The van der Waals surface area contributed by atoms with Crippen LogP contribution in [0.25, 0.3) is 0 Å². The maximum absolute atomic E-state index is 12.3. The lowest BCUT2D eigenvalue weighted by atomic mass is 10.0. The van der Waals surface area contributed by atoms with Crippen LogP contribution < -0.4 is 0 Å². The van der Waals surface area contributed by atoms with Crippen LogP contribution in [0.15, 0.2) is 134 Å². The largest absolute Gasteiger partial charge is 0.462 e. The van der Waals surface area contributed by atoms with Crippen molar-refractivity contribution in [1.82, 2.24) is 0 Å². The Labute approximate surface area is 483 Å². The highest BCUT2D eigenvalue weighted by Crippen LogP contribution is 2.16. The Bertz CT molecular complexity index is 1600. The molecule has 0 spiro atoms. The zero-order valence-electron chi connectivity index (χ0n) is 50.9. The quantitative estimate of drug-likeness (QED) is 0.0373. The molecule has 0 aromatic carbocycles. The zero-order valence-corrected chi connectivity index (χ0v) is 50.9. The van der Waals surface area contributed by atoms with Gasteiger partial charge < -0.3 is 14.6 Å². The minimum absolute atomic E-state index is 0.0749. The molecule has 0 amide bonds. The van der Waals surface area contributed by atoms with Crippen molar-refractivity contribution in [2.24, 2.45) is 0 Å². The molecule has 0 heterocycles. The van der Waals surface area contributed by atoms with E-state index in [1.807, 2.05) is 0 Å². The molecule has 0 aliphatic heterocycles. The zero-order chi connectivity index (χ0) is 56.2. The Hall–Kier alpha value is -3.96. The van der Waals surface area contributed by atoms with E-state index in [1.165, 1.54) is 161 Å². The molecule has 5 nitrogen and oxygen atoms in total. The van der Waals surface area contributed by atoms with Gasteiger partial charge >= 0.3 is 11.9 Å². The highest BCUT2D eigenvalue weighted by Gasteiger charge is 2.16. The summed E-state index contributed by atoms with van der Waals surface area (Å²) in [6.07, 6.45) is 100. The fraction of sp³-hybridized carbons (Fsp3) is 0.671. The number of hydrogen-bond acceptors (Lipinski definition) is 5. The number of rotatable bonds is 59. The lowest BCUT2D eigenvalue weighted by molar-refractivity contribution is -0.161. The number of carbonyl (C=O) groups excluding carboxylic acids is 2. The number of allylic oxidation sites excluding steroid dienone is 22. The summed E-state index contributed by atoms with van der Waals surface area (Å²) in [5.74, 6) is -0.600. The van der Waals surface area contributed by atoms with Crippen LogP contribution in [-0.2, 0) is 19.1 Å². The summed E-state index contributed by atoms with van der Waals surface area (Å²) in [6.45, 7) is 4.02. The summed E-state index contributed by atoms with van der Waals surface area (Å²) in [7, 11) is 0. The number of ether oxygens (including phenoxy) is 2. The minimum Gasteiger partial charge on any atom is -0.462 e. The van der Waals surface area contributed by atoms with Crippen molar-refractivity contribution in [3.05, 3.63) is 134 Å². The molecular formula is C73H122O5. The van der Waals surface area contributed by atoms with Gasteiger partial charge in [-0.05, 0) is 116 Å². The van der Waals surface area contributed by atoms with Crippen LogP contribution in [-0.4, -0.2) is 36.4 Å². The van der Waals surface area contributed by atoms with E-state index in [0.29, 0.717) is 12.8 Å². The molecule has 0 aromatic heterocycles. The normalized spacial score (nSPS) is 13.1. The molecule has 1 unspecified atom stereocenters. The number of carbonyl (C=O) groups is 2. The van der Waals surface area contributed by atoms with Gasteiger partial charge in [-0.3, -0.25) is 9.59 Å². The molecule has 444 valence electrons. The Kier molecular flexibility index (Phi) is 63.9. The van der Waals surface area contributed by atoms with Gasteiger partial charge in [0.25, 0.3) is 0 Å². The van der Waals surface area contributed by atoms with Gasteiger partial charge in [-0.25, -0.2) is 0 Å². The van der Waals surface area contributed by atoms with Gasteiger partial charge in [0, 0.05) is 12.8 Å². The average molecular weight is 1080 g/mol. The molecule has 1 N–H and O–H groups in total. The SMILES string of the molecule is CC/C=C\C/C=C\C/C=C\C/C=C\C/C=C\C/C=C\C/C=C\C/C=C\CCCCCCCCCCC(=O)OC(CO)COC(=O)CCCCCCCCCCCCCCCCCC/C=C\C/C=C\C/C=C\CCCCCCC. The maximum Gasteiger partial charge on any atom is 0.306 e. The third-order valence-corrected chi connectivity index (χ3v) is 13.9. The van der Waals surface area contributed by atoms with Crippen LogP contribution in [0.5, 0.6) is 0 Å². The summed E-state index contributed by atoms with van der Waals surface area (Å²) in [6, 6.07) is 0. The highest BCUT2D eigenvalue weighted by molar-refractivity contribution is 5.70. The van der Waals surface area contributed by atoms with Crippen LogP contribution in [0.1, 0.15) is 296 Å². The van der Waals surface area contributed by atoms with Gasteiger partial charge in [0.2, 0.25) is 0 Å². The fourth-order valence-electron chi connectivity index (χ4n) is 9.05. The maximum atomic E-state index is 12.3. The predicted octanol–water partition coefficient (Wildman–Crippen LogP) is 22.8. The van der Waals surface area contributed by atoms with E-state index in [4.69, 9.17) is 9.47 Å². The molecule has 1 atom stereocenters. The minimum atomic E-state index is -0.787. The topological polar surface area (TPSA) is 72.8 Å². The molecule has 0 saturated carbocycles. The summed E-state index contributed by atoms with van der Waals surface area (Å²) in [4.78, 5) is 24.6. The van der Waals surface area contributed by atoms with E-state index in [9.17, 15) is 14.7 Å². The molecule has 0 fully saturated rings. The van der Waals surface area contributed by atoms with E-state index < -0.39 is 6.10 Å². The van der Waals surface area contributed by atoms with Crippen LogP contribution >= 0.6 is 0 Å². The summed E-state index contributed by atoms with van der Waals surface area (Å²) < 4.78 is 10.7. The van der Waals surface area contributed by atoms with E-state index in [0.717, 1.165) is 109 Å². The molecule has 0 aliphatic carbocycles. The Morgan fingerprint density at radius 2 is 0.551 bits per heavy atom. The molecule has 0 aliphatic rings. The molecule has 0 radical (unpaired) electrons. The van der Waals surface area contributed by atoms with Gasteiger partial charge in [0.05, 0.1) is 6.61 Å². The first-order valence-electron chi connectivity index (χ1n) is 32.7. The molecule has 5 heteroatoms. The Morgan fingerprint density at radius 3 is 0.833 bits per heavy atom. The second kappa shape index (κ2) is 67.3. The predicted molar refractivity (Wildman–Crippen MR) is 343 cm³/mol. The summed E-state index contributed by atoms with van der Waals surface area (Å²) in [5, 5.41) is 9.69. The van der Waals surface area contributed by atoms with Crippen LogP contribution in [0, 0.1) is 0 Å². The first kappa shape index (κ1) is 74.0. The highest BCUT2D eigenvalue weighted by atomic mass is 16.6. The number of hydrogen-bond donors (Lipinski definition) is 1. The Balaban J connectivity index is 3.54. The van der Waals surface area contributed by atoms with Crippen molar-refractivity contribution in [1.29, 1.82) is 0 Å². The van der Waals surface area contributed by atoms with Gasteiger partial charge in [-0.2, -0.15) is 0 Å². The second-order valence-corrected chi connectivity index (χ2v) is 21.5. The Morgan fingerprint density at radius 1 is 0.308 bits per heavy atom. The van der Waals surface area contributed by atoms with Crippen molar-refractivity contribution >= 4 is 11.9 Å². The fourth-order valence-corrected chi connectivity index (χ4v) is 9.05. The van der Waals surface area contributed by atoms with Gasteiger partial charge in [0.15, 0.2) is 6.10 Å². The third kappa shape index (κ3) is 64.6. The average Bonchev–Trinajstić information content (AvgIpc) is 3.44. The van der Waals surface area contributed by atoms with E-state index in [1.54, 1.807) is 0 Å². The van der Waals surface area contributed by atoms with Crippen LogP contribution in [0.3, 0.4) is 0 Å². The molecule has 0 saturated heterocycles. The van der Waals surface area contributed by atoms with Gasteiger partial charge in [0.1, 0.15) is 6.61 Å². The van der Waals surface area contributed by atoms with Crippen LogP contribution in [0.2, 0.25) is 0 Å². The first-order chi connectivity index (χ1) is 38.6. The summed E-state index contributed by atoms with van der Waals surface area (Å²) in [5.41, 5.74) is 0. The molecule has 0 aromatic rings. The molecule has 78 heavy (non-hydrogen) atoms. The van der Waals surface area contributed by atoms with Crippen molar-refractivity contribution in [3.8, 4) is 0 Å². The lowest BCUT2D eigenvalue weighted by Crippen LogP contribution is -2.28. The lowest BCUT2D eigenvalue weighted by Gasteiger charge is -2.15.